The van der Waals surface area contributed by atoms with E-state index in [1.165, 1.54) is 17.0 Å². The third kappa shape index (κ3) is 7.46. The minimum atomic E-state index is -0.430. The Morgan fingerprint density at radius 2 is 1.83 bits per heavy atom. The summed E-state index contributed by atoms with van der Waals surface area (Å²) in [6.07, 6.45) is 1.49. The number of anilines is 1. The number of nitrogens with one attached hydrogen (secondary N) is 1. The molecule has 36 heavy (non-hydrogen) atoms. The zero-order chi connectivity index (χ0) is 26.1. The van der Waals surface area contributed by atoms with Crippen LogP contribution in [0.25, 0.3) is 6.08 Å². The molecule has 0 atom stereocenters. The van der Waals surface area contributed by atoms with Crippen LogP contribution < -0.4 is 5.32 Å². The van der Waals surface area contributed by atoms with Crippen LogP contribution in [0.1, 0.15) is 36.2 Å². The van der Waals surface area contributed by atoms with Crippen molar-refractivity contribution in [1.29, 1.82) is 0 Å². The first kappa shape index (κ1) is 27.5. The van der Waals surface area contributed by atoms with Crippen molar-refractivity contribution in [2.24, 2.45) is 0 Å². The van der Waals surface area contributed by atoms with Crippen LogP contribution in [0.3, 0.4) is 0 Å². The van der Waals surface area contributed by atoms with E-state index >= 15 is 0 Å². The molecule has 0 bridgehead atoms. The minimum absolute atomic E-state index is 0.0224. The number of likely N-dealkylation sites (N-methyl/N-ethyl adjacent to an activating group) is 1. The Morgan fingerprint density at radius 3 is 2.50 bits per heavy atom. The molecule has 2 aromatic carbocycles. The number of hydrogen-bond donors (Lipinski definition) is 1. The van der Waals surface area contributed by atoms with Gasteiger partial charge in [0.15, 0.2) is 0 Å². The summed E-state index contributed by atoms with van der Waals surface area (Å²) in [5.74, 6) is -1.51. The fourth-order valence-corrected chi connectivity index (χ4v) is 4.74. The molecule has 1 fully saturated rings. The number of ether oxygens (including phenoxy) is 1. The number of amides is 2. The number of hydrogen-bond acceptors (Lipinski definition) is 7. The van der Waals surface area contributed by atoms with Crippen LogP contribution in [-0.2, 0) is 14.3 Å². The van der Waals surface area contributed by atoms with E-state index in [1.807, 2.05) is 0 Å². The van der Waals surface area contributed by atoms with Crippen LogP contribution in [0.2, 0.25) is 0 Å². The normalized spacial score (nSPS) is 14.6. The van der Waals surface area contributed by atoms with Gasteiger partial charge >= 0.3 is 5.97 Å². The van der Waals surface area contributed by atoms with Crippen molar-refractivity contribution in [3.05, 3.63) is 70.4 Å². The molecule has 1 N–H and O–H groups in total. The van der Waals surface area contributed by atoms with Gasteiger partial charge in [-0.05, 0) is 49.5 Å². The summed E-state index contributed by atoms with van der Waals surface area (Å²) in [7, 11) is 0. The van der Waals surface area contributed by atoms with Crippen molar-refractivity contribution < 1.29 is 23.5 Å². The zero-order valence-electron chi connectivity index (χ0n) is 20.2. The van der Waals surface area contributed by atoms with E-state index in [2.05, 4.69) is 24.1 Å². The van der Waals surface area contributed by atoms with Crippen LogP contribution in [-0.4, -0.2) is 64.7 Å². The molecule has 0 aromatic heterocycles. The third-order valence-electron chi connectivity index (χ3n) is 5.57. The van der Waals surface area contributed by atoms with Crippen LogP contribution in [0.15, 0.2) is 53.4 Å². The Hall–Kier alpha value is -3.08. The molecule has 0 spiro atoms. The van der Waals surface area contributed by atoms with Gasteiger partial charge in [-0.25, -0.2) is 9.18 Å². The SMILES string of the molecule is CCN(CC)CCOC(=O)c1ccc(NC(=O)CCN2C(=O)/C(=C/c3ccccc3F)SC2=S)cc1. The average Bonchev–Trinajstić information content (AvgIpc) is 3.14. The lowest BCUT2D eigenvalue weighted by molar-refractivity contribution is -0.122. The average molecular weight is 530 g/mol. The van der Waals surface area contributed by atoms with Crippen molar-refractivity contribution in [1.82, 2.24) is 9.80 Å². The number of carbonyl (C=O) groups excluding carboxylic acids is 3. The molecule has 1 aliphatic heterocycles. The highest BCUT2D eigenvalue weighted by atomic mass is 32.2. The first-order valence-corrected chi connectivity index (χ1v) is 12.8. The Morgan fingerprint density at radius 1 is 1.14 bits per heavy atom. The van der Waals surface area contributed by atoms with Gasteiger partial charge in [0.25, 0.3) is 5.91 Å². The molecule has 0 aliphatic carbocycles. The zero-order valence-corrected chi connectivity index (χ0v) is 21.8. The maximum Gasteiger partial charge on any atom is 0.338 e. The molecule has 190 valence electrons. The topological polar surface area (TPSA) is 79.0 Å². The molecule has 2 amide bonds. The van der Waals surface area contributed by atoms with Gasteiger partial charge in [-0.15, -0.1) is 0 Å². The van der Waals surface area contributed by atoms with Gasteiger partial charge in [0.1, 0.15) is 16.7 Å². The van der Waals surface area contributed by atoms with Crippen molar-refractivity contribution in [2.45, 2.75) is 20.3 Å². The Balaban J connectivity index is 1.48. The maximum absolute atomic E-state index is 13.9. The van der Waals surface area contributed by atoms with Crippen molar-refractivity contribution in [2.75, 3.05) is 38.1 Å². The molecule has 10 heteroatoms. The van der Waals surface area contributed by atoms with Crippen LogP contribution in [0.4, 0.5) is 10.1 Å². The molecular formula is C26H28FN3O4S2. The van der Waals surface area contributed by atoms with Crippen LogP contribution in [0, 0.1) is 5.82 Å². The van der Waals surface area contributed by atoms with Crippen molar-refractivity contribution in [3.8, 4) is 0 Å². The first-order valence-electron chi connectivity index (χ1n) is 11.6. The number of thioether (sulfide) groups is 1. The van der Waals surface area contributed by atoms with E-state index in [1.54, 1.807) is 42.5 Å². The van der Waals surface area contributed by atoms with E-state index in [0.717, 1.165) is 24.9 Å². The summed E-state index contributed by atoms with van der Waals surface area (Å²) in [6, 6.07) is 12.6. The second kappa shape index (κ2) is 13.3. The summed E-state index contributed by atoms with van der Waals surface area (Å²) in [4.78, 5) is 41.1. The van der Waals surface area contributed by atoms with Crippen LogP contribution in [0.5, 0.6) is 0 Å². The predicted octanol–water partition coefficient (Wildman–Crippen LogP) is 4.55. The summed E-state index contributed by atoms with van der Waals surface area (Å²) in [6.45, 7) is 6.98. The molecule has 1 aliphatic rings. The number of thiocarbonyl (C=S) groups is 1. The van der Waals surface area contributed by atoms with E-state index in [9.17, 15) is 18.8 Å². The molecule has 1 heterocycles. The van der Waals surface area contributed by atoms with Gasteiger partial charge < -0.3 is 15.0 Å². The highest BCUT2D eigenvalue weighted by molar-refractivity contribution is 8.26. The fraction of sp³-hybridized carbons (Fsp3) is 0.308. The summed E-state index contributed by atoms with van der Waals surface area (Å²) in [5.41, 5.74) is 1.21. The number of nitrogens with zero attached hydrogens (tertiary/aromatic N) is 2. The summed E-state index contributed by atoms with van der Waals surface area (Å²) >= 11 is 6.36. The van der Waals surface area contributed by atoms with Crippen molar-refractivity contribution in [3.63, 3.8) is 0 Å². The minimum Gasteiger partial charge on any atom is -0.461 e. The molecule has 1 saturated heterocycles. The summed E-state index contributed by atoms with van der Waals surface area (Å²) < 4.78 is 19.5. The molecule has 0 saturated carbocycles. The van der Waals surface area contributed by atoms with E-state index in [0.29, 0.717) is 39.2 Å². The molecule has 7 nitrogen and oxygen atoms in total. The molecule has 3 rings (SSSR count). The number of esters is 1. The molecule has 0 radical (unpaired) electrons. The second-order valence-corrected chi connectivity index (χ2v) is 9.57. The van der Waals surface area contributed by atoms with Gasteiger partial charge in [-0.1, -0.05) is 56.0 Å². The molecule has 2 aromatic rings. The predicted molar refractivity (Wildman–Crippen MR) is 144 cm³/mol. The molecular weight excluding hydrogens is 501 g/mol. The summed E-state index contributed by atoms with van der Waals surface area (Å²) in [5, 5.41) is 2.74. The lowest BCUT2D eigenvalue weighted by Crippen LogP contribution is -2.31. The second-order valence-electron chi connectivity index (χ2n) is 7.89. The largest absolute Gasteiger partial charge is 0.461 e. The lowest BCUT2D eigenvalue weighted by atomic mass is 10.2. The van der Waals surface area contributed by atoms with Gasteiger partial charge in [-0.2, -0.15) is 0 Å². The highest BCUT2D eigenvalue weighted by Gasteiger charge is 2.32. The Labute approximate surface area is 219 Å². The van der Waals surface area contributed by atoms with E-state index < -0.39 is 11.8 Å². The lowest BCUT2D eigenvalue weighted by Gasteiger charge is -2.17. The van der Waals surface area contributed by atoms with Crippen molar-refractivity contribution >= 4 is 57.8 Å². The Bertz CT molecular complexity index is 1150. The van der Waals surface area contributed by atoms with E-state index in [-0.39, 0.29) is 24.8 Å². The number of carbonyl (C=O) groups is 3. The highest BCUT2D eigenvalue weighted by Crippen LogP contribution is 2.33. The fourth-order valence-electron chi connectivity index (χ4n) is 3.44. The van der Waals surface area contributed by atoms with Gasteiger partial charge in [-0.3, -0.25) is 14.5 Å². The molecule has 0 unspecified atom stereocenters. The first-order chi connectivity index (χ1) is 17.3. The van der Waals surface area contributed by atoms with E-state index in [4.69, 9.17) is 17.0 Å². The van der Waals surface area contributed by atoms with Gasteiger partial charge in [0.05, 0.1) is 10.5 Å². The number of benzene rings is 2. The van der Waals surface area contributed by atoms with Crippen LogP contribution >= 0.6 is 24.0 Å². The Kier molecular flexibility index (Phi) is 10.2. The van der Waals surface area contributed by atoms with Gasteiger partial charge in [0, 0.05) is 30.8 Å². The monoisotopic (exact) mass is 529 g/mol. The third-order valence-corrected chi connectivity index (χ3v) is 6.95. The van der Waals surface area contributed by atoms with Gasteiger partial charge in [0.2, 0.25) is 5.91 Å². The quantitative estimate of drug-likeness (QED) is 0.260. The smallest absolute Gasteiger partial charge is 0.338 e. The number of halogens is 1. The number of rotatable bonds is 11. The standard InChI is InChI=1S/C26H28FN3O4S2/c1-3-29(4-2)15-16-34-25(33)18-9-11-20(12-10-18)28-23(31)13-14-30-24(32)22(36-26(30)35)17-19-7-5-6-8-21(19)27/h5-12,17H,3-4,13-16H2,1-2H3,(H,28,31)/b22-17-. The maximum atomic E-state index is 13.9.